The molecule has 1 aromatic carbocycles. The van der Waals surface area contributed by atoms with E-state index < -0.39 is 23.7 Å². The van der Waals surface area contributed by atoms with Gasteiger partial charge in [-0.3, -0.25) is 0 Å². The van der Waals surface area contributed by atoms with Gasteiger partial charge in [0, 0.05) is 11.5 Å². The number of benzene rings is 1. The summed E-state index contributed by atoms with van der Waals surface area (Å²) in [6, 6.07) is 9.22. The van der Waals surface area contributed by atoms with Crippen molar-refractivity contribution in [2.45, 2.75) is 103 Å². The molecule has 2 atom stereocenters. The third kappa shape index (κ3) is 7.01. The monoisotopic (exact) mass is 474 g/mol. The van der Waals surface area contributed by atoms with Gasteiger partial charge in [-0.25, -0.2) is 8.78 Å². The van der Waals surface area contributed by atoms with Crippen LogP contribution >= 0.6 is 0 Å². The average molecular weight is 475 g/mol. The normalized spacial score (nSPS) is 27.4. The number of halogens is 2. The molecule has 3 rings (SSSR count). The van der Waals surface area contributed by atoms with E-state index in [2.05, 4.69) is 13.8 Å². The molecule has 1 saturated heterocycles. The third-order valence-corrected chi connectivity index (χ3v) is 7.43. The van der Waals surface area contributed by atoms with Gasteiger partial charge in [-0.2, -0.15) is 0 Å². The maximum Gasteiger partial charge on any atom is 0.169 e. The Labute approximate surface area is 205 Å². The highest BCUT2D eigenvalue weighted by molar-refractivity contribution is 5.77. The predicted molar refractivity (Wildman–Crippen MR) is 137 cm³/mol. The van der Waals surface area contributed by atoms with Crippen molar-refractivity contribution in [2.75, 3.05) is 13.2 Å². The molecule has 190 valence electrons. The van der Waals surface area contributed by atoms with Gasteiger partial charge in [0.2, 0.25) is 0 Å². The van der Waals surface area contributed by atoms with Gasteiger partial charge in [0.1, 0.15) is 5.83 Å². The Balaban J connectivity index is 1.64. The van der Waals surface area contributed by atoms with Crippen LogP contribution in [0.3, 0.4) is 0 Å². The molecule has 0 spiro atoms. The molecule has 0 radical (unpaired) electrons. The first kappa shape index (κ1) is 27.1. The highest BCUT2D eigenvalue weighted by Gasteiger charge is 2.51. The van der Waals surface area contributed by atoms with E-state index in [0.717, 1.165) is 32.1 Å². The van der Waals surface area contributed by atoms with Crippen molar-refractivity contribution in [2.24, 2.45) is 11.3 Å². The van der Waals surface area contributed by atoms with Crippen molar-refractivity contribution in [3.05, 3.63) is 53.9 Å². The Morgan fingerprint density at radius 2 is 1.47 bits per heavy atom. The number of alkyl halides is 1. The SMILES string of the molecule is CCCCCCCCC1COC(C2(CCCCCC)C=CC(c3ccccc3)=C(F)C2F)OC1. The number of allylic oxidation sites excluding steroid dienone is 3. The fourth-order valence-electron chi connectivity index (χ4n) is 5.24. The minimum absolute atomic E-state index is 0.328. The number of hydrogen-bond acceptors (Lipinski definition) is 2. The van der Waals surface area contributed by atoms with E-state index in [-0.39, 0.29) is 0 Å². The Morgan fingerprint density at radius 1 is 0.853 bits per heavy atom. The summed E-state index contributed by atoms with van der Waals surface area (Å²) in [7, 11) is 0. The van der Waals surface area contributed by atoms with Crippen molar-refractivity contribution >= 4 is 5.57 Å². The second-order valence-electron chi connectivity index (χ2n) is 10.2. The second-order valence-corrected chi connectivity index (χ2v) is 10.2. The fourth-order valence-corrected chi connectivity index (χ4v) is 5.24. The van der Waals surface area contributed by atoms with Crippen LogP contribution in [0.15, 0.2) is 48.3 Å². The van der Waals surface area contributed by atoms with Gasteiger partial charge in [-0.15, -0.1) is 0 Å². The Morgan fingerprint density at radius 3 is 2.15 bits per heavy atom. The fraction of sp³-hybridized carbons (Fsp3) is 0.667. The number of rotatable bonds is 14. The highest BCUT2D eigenvalue weighted by atomic mass is 19.2. The smallest absolute Gasteiger partial charge is 0.169 e. The van der Waals surface area contributed by atoms with Crippen LogP contribution < -0.4 is 0 Å². The molecule has 1 aliphatic carbocycles. The summed E-state index contributed by atoms with van der Waals surface area (Å²) in [6.07, 6.45) is 14.3. The van der Waals surface area contributed by atoms with E-state index >= 15 is 8.78 Å². The summed E-state index contributed by atoms with van der Waals surface area (Å²) in [5.74, 6) is -0.365. The van der Waals surface area contributed by atoms with Gasteiger partial charge >= 0.3 is 0 Å². The molecule has 0 amide bonds. The molecule has 1 heterocycles. The van der Waals surface area contributed by atoms with Crippen LogP contribution in [0.4, 0.5) is 8.78 Å². The first-order valence-electron chi connectivity index (χ1n) is 13.6. The minimum atomic E-state index is -1.77. The Kier molecular flexibility index (Phi) is 11.3. The molecule has 4 heteroatoms. The van der Waals surface area contributed by atoms with Crippen LogP contribution in [0.2, 0.25) is 0 Å². The standard InChI is InChI=1S/C30H44F2O2/c1-3-5-7-9-10-12-16-24-22-33-29(34-23-24)30(20-15-8-6-4-2)21-19-26(27(31)28(30)32)25-17-13-11-14-18-25/h11,13-14,17-19,21,24,28-29H,3-10,12,15-16,20,22-23H2,1-2H3. The van der Waals surface area contributed by atoms with E-state index in [1.165, 1.54) is 38.5 Å². The van der Waals surface area contributed by atoms with E-state index in [9.17, 15) is 0 Å². The van der Waals surface area contributed by atoms with Crippen LogP contribution in [0, 0.1) is 11.3 Å². The Hall–Kier alpha value is -1.52. The van der Waals surface area contributed by atoms with Crippen molar-refractivity contribution < 1.29 is 18.3 Å². The molecular weight excluding hydrogens is 430 g/mol. The number of unbranched alkanes of at least 4 members (excludes halogenated alkanes) is 8. The van der Waals surface area contributed by atoms with Crippen LogP contribution in [0.5, 0.6) is 0 Å². The zero-order valence-corrected chi connectivity index (χ0v) is 21.2. The molecule has 1 aliphatic heterocycles. The van der Waals surface area contributed by atoms with Crippen LogP contribution in [-0.4, -0.2) is 25.7 Å². The molecule has 0 aromatic heterocycles. The number of ether oxygens (including phenoxy) is 2. The molecule has 0 saturated carbocycles. The van der Waals surface area contributed by atoms with Crippen molar-refractivity contribution in [1.82, 2.24) is 0 Å². The largest absolute Gasteiger partial charge is 0.351 e. The van der Waals surface area contributed by atoms with Crippen molar-refractivity contribution in [1.29, 1.82) is 0 Å². The van der Waals surface area contributed by atoms with Gasteiger partial charge in [0.25, 0.3) is 0 Å². The molecule has 2 nitrogen and oxygen atoms in total. The van der Waals surface area contributed by atoms with E-state index in [1.54, 1.807) is 6.08 Å². The number of hydrogen-bond donors (Lipinski definition) is 0. The second kappa shape index (κ2) is 14.1. The van der Waals surface area contributed by atoms with Gasteiger partial charge in [0.05, 0.1) is 18.6 Å². The topological polar surface area (TPSA) is 18.5 Å². The first-order chi connectivity index (χ1) is 16.6. The van der Waals surface area contributed by atoms with Gasteiger partial charge in [-0.05, 0) is 18.4 Å². The maximum absolute atomic E-state index is 15.9. The molecule has 34 heavy (non-hydrogen) atoms. The summed E-state index contributed by atoms with van der Waals surface area (Å²) in [6.45, 7) is 5.51. The molecule has 1 aromatic rings. The van der Waals surface area contributed by atoms with E-state index in [4.69, 9.17) is 9.47 Å². The molecule has 2 aliphatic rings. The summed E-state index contributed by atoms with van der Waals surface area (Å²) in [5.41, 5.74) is -0.0849. The van der Waals surface area contributed by atoms with Crippen LogP contribution in [0.25, 0.3) is 5.57 Å². The van der Waals surface area contributed by atoms with Gasteiger partial charge < -0.3 is 9.47 Å². The summed E-state index contributed by atoms with van der Waals surface area (Å²) < 4.78 is 43.7. The lowest BCUT2D eigenvalue weighted by molar-refractivity contribution is -0.254. The molecule has 1 fully saturated rings. The molecular formula is C30H44F2O2. The zero-order chi connectivity index (χ0) is 24.2. The highest BCUT2D eigenvalue weighted by Crippen LogP contribution is 2.48. The average Bonchev–Trinajstić information content (AvgIpc) is 2.87. The van der Waals surface area contributed by atoms with Gasteiger partial charge in [-0.1, -0.05) is 121 Å². The van der Waals surface area contributed by atoms with E-state index in [0.29, 0.717) is 36.7 Å². The van der Waals surface area contributed by atoms with Crippen molar-refractivity contribution in [3.63, 3.8) is 0 Å². The summed E-state index contributed by atoms with van der Waals surface area (Å²) >= 11 is 0. The Bertz CT molecular complexity index is 767. The minimum Gasteiger partial charge on any atom is -0.351 e. The van der Waals surface area contributed by atoms with E-state index in [1.807, 2.05) is 36.4 Å². The van der Waals surface area contributed by atoms with Crippen LogP contribution in [-0.2, 0) is 9.47 Å². The summed E-state index contributed by atoms with van der Waals surface area (Å²) in [4.78, 5) is 0. The first-order valence-corrected chi connectivity index (χ1v) is 13.6. The summed E-state index contributed by atoms with van der Waals surface area (Å²) in [5, 5.41) is 0. The molecule has 0 bridgehead atoms. The van der Waals surface area contributed by atoms with Crippen molar-refractivity contribution in [3.8, 4) is 0 Å². The molecule has 0 N–H and O–H groups in total. The molecule has 2 unspecified atom stereocenters. The predicted octanol–water partition coefficient (Wildman–Crippen LogP) is 8.97. The lowest BCUT2D eigenvalue weighted by Gasteiger charge is -2.44. The maximum atomic E-state index is 15.9. The van der Waals surface area contributed by atoms with Crippen LogP contribution in [0.1, 0.15) is 96.5 Å². The third-order valence-electron chi connectivity index (χ3n) is 7.43. The lowest BCUT2D eigenvalue weighted by atomic mass is 9.72. The zero-order valence-electron chi connectivity index (χ0n) is 21.2. The quantitative estimate of drug-likeness (QED) is 0.250. The van der Waals surface area contributed by atoms with Gasteiger partial charge in [0.15, 0.2) is 12.5 Å². The lowest BCUT2D eigenvalue weighted by Crippen LogP contribution is -2.50.